The number of para-hydroxylation sites is 4. The van der Waals surface area contributed by atoms with E-state index in [-0.39, 0.29) is 0 Å². The molecule has 5 nitrogen and oxygen atoms in total. The second-order valence-electron chi connectivity index (χ2n) is 12.3. The molecule has 3 aromatic heterocycles. The fourth-order valence-electron chi connectivity index (χ4n) is 7.74. The Hall–Kier alpha value is -7.08. The van der Waals surface area contributed by atoms with Gasteiger partial charge in [-0.15, -0.1) is 0 Å². The van der Waals surface area contributed by atoms with Crippen LogP contribution in [-0.4, -0.2) is 9.13 Å². The van der Waals surface area contributed by atoms with Gasteiger partial charge in [0.05, 0.1) is 51.6 Å². The van der Waals surface area contributed by atoms with Crippen molar-refractivity contribution in [3.8, 4) is 28.6 Å². The van der Waals surface area contributed by atoms with Gasteiger partial charge in [-0.05, 0) is 66.7 Å². The standard InChI is InChI=1S/C44H24N4O/c1-46-28-19-22-41-34(25-28)44-42(49-41)23-21-40-43(44)32-13-5-9-17-38(32)48(40)36-15-7-3-11-30(36)29-10-2-6-14-35(29)47-37-16-8-4-12-31(37)33-24-27(26-45)18-20-39(33)47/h2-25H. The lowest BCUT2D eigenvalue weighted by Crippen LogP contribution is -2.01. The minimum absolute atomic E-state index is 0.590. The Morgan fingerprint density at radius 1 is 0.510 bits per heavy atom. The lowest BCUT2D eigenvalue weighted by molar-refractivity contribution is 0.669. The fourth-order valence-corrected chi connectivity index (χ4v) is 7.74. The summed E-state index contributed by atoms with van der Waals surface area (Å²) in [6.45, 7) is 7.65. The van der Waals surface area contributed by atoms with Crippen molar-refractivity contribution in [1.82, 2.24) is 9.13 Å². The van der Waals surface area contributed by atoms with E-state index in [0.717, 1.165) is 88.1 Å². The van der Waals surface area contributed by atoms with Crippen LogP contribution in [0.4, 0.5) is 5.69 Å². The molecule has 7 aromatic carbocycles. The lowest BCUT2D eigenvalue weighted by Gasteiger charge is -2.18. The summed E-state index contributed by atoms with van der Waals surface area (Å²) in [5, 5.41) is 16.1. The number of benzene rings is 7. The van der Waals surface area contributed by atoms with Gasteiger partial charge < -0.3 is 13.6 Å². The van der Waals surface area contributed by atoms with Crippen LogP contribution in [-0.2, 0) is 0 Å². The first kappa shape index (κ1) is 27.1. The number of hydrogen-bond acceptors (Lipinski definition) is 2. The van der Waals surface area contributed by atoms with Crippen molar-refractivity contribution in [1.29, 1.82) is 5.26 Å². The normalized spacial score (nSPS) is 11.6. The molecule has 49 heavy (non-hydrogen) atoms. The fraction of sp³-hybridized carbons (Fsp3) is 0. The maximum absolute atomic E-state index is 9.70. The highest BCUT2D eigenvalue weighted by Crippen LogP contribution is 2.44. The van der Waals surface area contributed by atoms with Crippen LogP contribution in [0.3, 0.4) is 0 Å². The minimum atomic E-state index is 0.590. The molecule has 0 saturated carbocycles. The van der Waals surface area contributed by atoms with Crippen LogP contribution < -0.4 is 0 Å². The average Bonchev–Trinajstić information content (AvgIpc) is 3.81. The first-order valence-corrected chi connectivity index (χ1v) is 16.1. The van der Waals surface area contributed by atoms with Crippen LogP contribution in [0.5, 0.6) is 0 Å². The summed E-state index contributed by atoms with van der Waals surface area (Å²) in [7, 11) is 0. The molecule has 5 heteroatoms. The number of nitrogens with zero attached hydrogens (tertiary/aromatic N) is 4. The van der Waals surface area contributed by atoms with Crippen LogP contribution >= 0.6 is 0 Å². The van der Waals surface area contributed by atoms with Crippen molar-refractivity contribution >= 4 is 71.2 Å². The smallest absolute Gasteiger partial charge is 0.188 e. The molecule has 0 saturated heterocycles. The number of fused-ring (bicyclic) bond motifs is 10. The molecule has 0 aliphatic heterocycles. The summed E-state index contributed by atoms with van der Waals surface area (Å²) >= 11 is 0. The van der Waals surface area contributed by atoms with E-state index >= 15 is 0 Å². The van der Waals surface area contributed by atoms with Gasteiger partial charge in [0.1, 0.15) is 11.2 Å². The monoisotopic (exact) mass is 624 g/mol. The van der Waals surface area contributed by atoms with Crippen molar-refractivity contribution in [2.75, 3.05) is 0 Å². The SMILES string of the molecule is [C-]#[N+]c1ccc2oc3ccc4c(c5ccccc5n4-c4ccccc4-c4ccccc4-n4c5ccccc5c5cc(C#N)ccc54)c3c2c1. The Bertz CT molecular complexity index is 3090. The summed E-state index contributed by atoms with van der Waals surface area (Å²) in [6.07, 6.45) is 0. The Balaban J connectivity index is 1.29. The van der Waals surface area contributed by atoms with Crippen molar-refractivity contribution in [3.63, 3.8) is 0 Å². The van der Waals surface area contributed by atoms with Gasteiger partial charge in [-0.25, -0.2) is 4.85 Å². The van der Waals surface area contributed by atoms with Gasteiger partial charge in [0, 0.05) is 43.4 Å². The molecule has 3 heterocycles. The van der Waals surface area contributed by atoms with E-state index in [1.807, 2.05) is 30.3 Å². The first-order chi connectivity index (χ1) is 24.2. The Morgan fingerprint density at radius 3 is 1.84 bits per heavy atom. The van der Waals surface area contributed by atoms with Crippen LogP contribution in [0.15, 0.2) is 150 Å². The van der Waals surface area contributed by atoms with Gasteiger partial charge in [-0.2, -0.15) is 5.26 Å². The summed E-state index contributed by atoms with van der Waals surface area (Å²) in [4.78, 5) is 3.71. The van der Waals surface area contributed by atoms with E-state index in [1.165, 1.54) is 0 Å². The molecule has 10 rings (SSSR count). The number of rotatable bonds is 3. The van der Waals surface area contributed by atoms with Crippen molar-refractivity contribution in [2.45, 2.75) is 0 Å². The van der Waals surface area contributed by atoms with Gasteiger partial charge in [0.15, 0.2) is 5.69 Å². The number of aromatic nitrogens is 2. The van der Waals surface area contributed by atoms with E-state index in [2.05, 4.69) is 135 Å². The maximum atomic E-state index is 9.70. The van der Waals surface area contributed by atoms with Gasteiger partial charge in [0.25, 0.3) is 0 Å². The van der Waals surface area contributed by atoms with Crippen molar-refractivity contribution in [2.24, 2.45) is 0 Å². The topological polar surface area (TPSA) is 51.1 Å². The number of hydrogen-bond donors (Lipinski definition) is 0. The molecule has 10 aromatic rings. The first-order valence-electron chi connectivity index (χ1n) is 16.1. The highest BCUT2D eigenvalue weighted by molar-refractivity contribution is 6.27. The van der Waals surface area contributed by atoms with E-state index in [4.69, 9.17) is 11.0 Å². The van der Waals surface area contributed by atoms with Crippen LogP contribution in [0.2, 0.25) is 0 Å². The second kappa shape index (κ2) is 10.2. The van der Waals surface area contributed by atoms with Crippen molar-refractivity contribution < 1.29 is 4.42 Å². The molecule has 0 aliphatic rings. The zero-order chi connectivity index (χ0) is 32.6. The Kier molecular flexibility index (Phi) is 5.64. The quantitative estimate of drug-likeness (QED) is 0.184. The highest BCUT2D eigenvalue weighted by Gasteiger charge is 2.22. The largest absolute Gasteiger partial charge is 0.456 e. The molecular weight excluding hydrogens is 601 g/mol. The predicted octanol–water partition coefficient (Wildman–Crippen LogP) is 11.9. The molecule has 0 aliphatic carbocycles. The molecule has 0 bridgehead atoms. The Morgan fingerprint density at radius 2 is 1.10 bits per heavy atom. The average molecular weight is 625 g/mol. The highest BCUT2D eigenvalue weighted by atomic mass is 16.3. The minimum Gasteiger partial charge on any atom is -0.456 e. The van der Waals surface area contributed by atoms with E-state index < -0.39 is 0 Å². The zero-order valence-corrected chi connectivity index (χ0v) is 26.1. The molecule has 0 atom stereocenters. The second-order valence-corrected chi connectivity index (χ2v) is 12.3. The summed E-state index contributed by atoms with van der Waals surface area (Å²) in [5.74, 6) is 0. The van der Waals surface area contributed by atoms with Gasteiger partial charge in [-0.1, -0.05) is 78.9 Å². The third-order valence-electron chi connectivity index (χ3n) is 9.76. The molecular formula is C44H24N4O. The van der Waals surface area contributed by atoms with Crippen molar-refractivity contribution in [3.05, 3.63) is 163 Å². The predicted molar refractivity (Wildman–Crippen MR) is 199 cm³/mol. The number of nitriles is 1. The Labute approximate surface area is 280 Å². The van der Waals surface area contributed by atoms with E-state index in [9.17, 15) is 5.26 Å². The summed E-state index contributed by atoms with van der Waals surface area (Å²) in [6, 6.07) is 52.2. The van der Waals surface area contributed by atoms with E-state index in [0.29, 0.717) is 11.3 Å². The van der Waals surface area contributed by atoms with Gasteiger partial charge >= 0.3 is 0 Å². The maximum Gasteiger partial charge on any atom is 0.188 e. The molecule has 0 radical (unpaired) electrons. The van der Waals surface area contributed by atoms with Gasteiger partial charge in [0.2, 0.25) is 0 Å². The molecule has 0 amide bonds. The molecule has 226 valence electrons. The zero-order valence-electron chi connectivity index (χ0n) is 26.1. The third-order valence-corrected chi connectivity index (χ3v) is 9.76. The molecule has 0 unspecified atom stereocenters. The third kappa shape index (κ3) is 3.79. The summed E-state index contributed by atoms with van der Waals surface area (Å²) in [5.41, 5.74) is 11.4. The van der Waals surface area contributed by atoms with E-state index in [1.54, 1.807) is 0 Å². The molecule has 0 N–H and O–H groups in total. The van der Waals surface area contributed by atoms with Crippen LogP contribution in [0.1, 0.15) is 5.56 Å². The molecule has 0 fully saturated rings. The van der Waals surface area contributed by atoms with Gasteiger partial charge in [-0.3, -0.25) is 0 Å². The lowest BCUT2D eigenvalue weighted by atomic mass is 10.0. The molecule has 0 spiro atoms. The summed E-state index contributed by atoms with van der Waals surface area (Å²) < 4.78 is 11.0. The van der Waals surface area contributed by atoms with Crippen LogP contribution in [0, 0.1) is 17.9 Å². The van der Waals surface area contributed by atoms with Crippen LogP contribution in [0.25, 0.3) is 92.9 Å². The number of furan rings is 1.